The van der Waals surface area contributed by atoms with Crippen molar-refractivity contribution in [2.75, 3.05) is 10.6 Å². The molecule has 2 aromatic carbocycles. The van der Waals surface area contributed by atoms with Gasteiger partial charge in [0.15, 0.2) is 0 Å². The van der Waals surface area contributed by atoms with Crippen molar-refractivity contribution < 1.29 is 4.79 Å². The minimum Gasteiger partial charge on any atom is -0.352 e. The minimum atomic E-state index is -0.198. The number of para-hydroxylation sites is 2. The summed E-state index contributed by atoms with van der Waals surface area (Å²) in [5, 5.41) is 7.29. The van der Waals surface area contributed by atoms with Gasteiger partial charge in [0.1, 0.15) is 0 Å². The zero-order valence-electron chi connectivity index (χ0n) is 14.8. The Bertz CT molecular complexity index is 1120. The first-order valence-corrected chi connectivity index (χ1v) is 8.63. The van der Waals surface area contributed by atoms with Crippen molar-refractivity contribution in [1.29, 1.82) is 0 Å². The van der Waals surface area contributed by atoms with Gasteiger partial charge in [-0.2, -0.15) is 0 Å². The molecule has 4 rings (SSSR count). The van der Waals surface area contributed by atoms with Crippen LogP contribution in [-0.4, -0.2) is 15.9 Å². The van der Waals surface area contributed by atoms with E-state index < -0.39 is 0 Å². The quantitative estimate of drug-likeness (QED) is 0.545. The van der Waals surface area contributed by atoms with E-state index >= 15 is 0 Å². The fourth-order valence-corrected chi connectivity index (χ4v) is 2.90. The lowest BCUT2D eigenvalue weighted by Crippen LogP contribution is -2.13. The Hall–Kier alpha value is -3.73. The summed E-state index contributed by atoms with van der Waals surface area (Å²) in [6.45, 7) is 1.96. The van der Waals surface area contributed by atoms with Crippen LogP contribution in [0.15, 0.2) is 79.3 Å². The molecule has 0 radical (unpaired) electrons. The molecule has 132 valence electrons. The zero-order valence-corrected chi connectivity index (χ0v) is 14.8. The number of rotatable bonds is 4. The lowest BCUT2D eigenvalue weighted by molar-refractivity contribution is 0.102. The Morgan fingerprint density at radius 3 is 2.63 bits per heavy atom. The number of fused-ring (bicyclic) bond motifs is 1. The summed E-state index contributed by atoms with van der Waals surface area (Å²) >= 11 is 0. The highest BCUT2D eigenvalue weighted by molar-refractivity contribution is 6.05. The van der Waals surface area contributed by atoms with Gasteiger partial charge in [-0.1, -0.05) is 36.4 Å². The minimum absolute atomic E-state index is 0.198. The maximum Gasteiger partial charge on any atom is 0.257 e. The van der Waals surface area contributed by atoms with E-state index in [1.807, 2.05) is 61.5 Å². The number of aromatic nitrogens is 2. The van der Waals surface area contributed by atoms with Crippen LogP contribution in [0.2, 0.25) is 0 Å². The van der Waals surface area contributed by atoms with E-state index in [0.29, 0.717) is 5.56 Å². The average Bonchev–Trinajstić information content (AvgIpc) is 2.70. The number of amides is 1. The molecule has 27 heavy (non-hydrogen) atoms. The summed E-state index contributed by atoms with van der Waals surface area (Å²) in [5.74, 6) is -0.198. The third kappa shape index (κ3) is 3.62. The van der Waals surface area contributed by atoms with Crippen LogP contribution in [0.5, 0.6) is 0 Å². The molecule has 0 bridgehead atoms. The van der Waals surface area contributed by atoms with Gasteiger partial charge in [0.2, 0.25) is 0 Å². The number of hydrogen-bond donors (Lipinski definition) is 2. The third-order valence-electron chi connectivity index (χ3n) is 4.31. The van der Waals surface area contributed by atoms with Gasteiger partial charge in [-0.25, -0.2) is 0 Å². The van der Waals surface area contributed by atoms with Gasteiger partial charge in [-0.05, 0) is 36.8 Å². The molecule has 0 saturated heterocycles. The van der Waals surface area contributed by atoms with Gasteiger partial charge in [0.05, 0.1) is 28.7 Å². The number of anilines is 3. The molecule has 0 aliphatic carbocycles. The maximum absolute atomic E-state index is 12.6. The lowest BCUT2D eigenvalue weighted by atomic mass is 10.1. The Labute approximate surface area is 157 Å². The summed E-state index contributed by atoms with van der Waals surface area (Å²) in [7, 11) is 0. The van der Waals surface area contributed by atoms with Crippen molar-refractivity contribution in [3.63, 3.8) is 0 Å². The zero-order chi connectivity index (χ0) is 18.6. The third-order valence-corrected chi connectivity index (χ3v) is 4.31. The first-order chi connectivity index (χ1) is 13.2. The largest absolute Gasteiger partial charge is 0.352 e. The summed E-state index contributed by atoms with van der Waals surface area (Å²) < 4.78 is 0. The molecule has 0 aliphatic heterocycles. The first-order valence-electron chi connectivity index (χ1n) is 8.63. The van der Waals surface area contributed by atoms with E-state index in [-0.39, 0.29) is 5.91 Å². The van der Waals surface area contributed by atoms with Crippen molar-refractivity contribution in [3.05, 3.63) is 90.4 Å². The number of carbonyl (C=O) groups is 1. The summed E-state index contributed by atoms with van der Waals surface area (Å²) in [4.78, 5) is 21.2. The van der Waals surface area contributed by atoms with Gasteiger partial charge >= 0.3 is 0 Å². The molecule has 5 heteroatoms. The molecule has 5 nitrogen and oxygen atoms in total. The summed E-state index contributed by atoms with van der Waals surface area (Å²) in [5.41, 5.74) is 4.75. The van der Waals surface area contributed by atoms with Crippen molar-refractivity contribution >= 4 is 33.9 Å². The second kappa shape index (κ2) is 7.25. The van der Waals surface area contributed by atoms with E-state index in [2.05, 4.69) is 20.6 Å². The Morgan fingerprint density at radius 1 is 0.926 bits per heavy atom. The van der Waals surface area contributed by atoms with Gasteiger partial charge < -0.3 is 10.6 Å². The van der Waals surface area contributed by atoms with Crippen molar-refractivity contribution in [2.45, 2.75) is 6.92 Å². The van der Waals surface area contributed by atoms with E-state index in [0.717, 1.165) is 33.5 Å². The van der Waals surface area contributed by atoms with E-state index in [1.165, 1.54) is 0 Å². The predicted octanol–water partition coefficient (Wildman–Crippen LogP) is 4.93. The second-order valence-electron chi connectivity index (χ2n) is 6.24. The number of carbonyl (C=O) groups excluding carboxylic acids is 1. The van der Waals surface area contributed by atoms with Crippen LogP contribution in [0, 0.1) is 6.92 Å². The standard InChI is InChI=1S/C22H18N4O/c1-15-6-2-3-9-19(15)26-22(27)17-12-18(14-23-13-17)25-20-10-4-7-16-8-5-11-24-21(16)20/h2-14,25H,1H3,(H,26,27). The molecule has 0 atom stereocenters. The van der Waals surface area contributed by atoms with Gasteiger partial charge in [-0.15, -0.1) is 0 Å². The molecular weight excluding hydrogens is 336 g/mol. The second-order valence-corrected chi connectivity index (χ2v) is 6.24. The van der Waals surface area contributed by atoms with Crippen LogP contribution in [0.1, 0.15) is 15.9 Å². The number of hydrogen-bond acceptors (Lipinski definition) is 4. The molecule has 0 fully saturated rings. The van der Waals surface area contributed by atoms with Crippen LogP contribution < -0.4 is 10.6 Å². The monoisotopic (exact) mass is 354 g/mol. The molecular formula is C22H18N4O. The van der Waals surface area contributed by atoms with Crippen molar-refractivity contribution in [2.24, 2.45) is 0 Å². The first kappa shape index (κ1) is 16.7. The van der Waals surface area contributed by atoms with Crippen molar-refractivity contribution in [3.8, 4) is 0 Å². The fraction of sp³-hybridized carbons (Fsp3) is 0.0455. The van der Waals surface area contributed by atoms with Crippen LogP contribution in [0.4, 0.5) is 17.1 Å². The van der Waals surface area contributed by atoms with Gasteiger partial charge in [0.25, 0.3) is 5.91 Å². The summed E-state index contributed by atoms with van der Waals surface area (Å²) in [6.07, 6.45) is 5.00. The Morgan fingerprint density at radius 2 is 1.74 bits per heavy atom. The Kier molecular flexibility index (Phi) is 4.49. The number of nitrogens with zero attached hydrogens (tertiary/aromatic N) is 2. The van der Waals surface area contributed by atoms with Gasteiger partial charge in [0, 0.05) is 23.5 Å². The summed E-state index contributed by atoms with van der Waals surface area (Å²) in [6, 6.07) is 19.3. The predicted molar refractivity (Wildman–Crippen MR) is 108 cm³/mol. The average molecular weight is 354 g/mol. The van der Waals surface area contributed by atoms with Crippen LogP contribution in [-0.2, 0) is 0 Å². The SMILES string of the molecule is Cc1ccccc1NC(=O)c1cncc(Nc2cccc3cccnc23)c1. The molecule has 0 spiro atoms. The van der Waals surface area contributed by atoms with Crippen LogP contribution >= 0.6 is 0 Å². The highest BCUT2D eigenvalue weighted by Crippen LogP contribution is 2.25. The number of aryl methyl sites for hydroxylation is 1. The number of nitrogens with one attached hydrogen (secondary N) is 2. The van der Waals surface area contributed by atoms with E-state index in [9.17, 15) is 4.79 Å². The lowest BCUT2D eigenvalue weighted by Gasteiger charge is -2.11. The fourth-order valence-electron chi connectivity index (χ4n) is 2.90. The molecule has 2 N–H and O–H groups in total. The normalized spacial score (nSPS) is 10.6. The van der Waals surface area contributed by atoms with Crippen molar-refractivity contribution in [1.82, 2.24) is 9.97 Å². The van der Waals surface area contributed by atoms with Crippen LogP contribution in [0.3, 0.4) is 0 Å². The van der Waals surface area contributed by atoms with E-state index in [1.54, 1.807) is 24.7 Å². The molecule has 0 aliphatic rings. The molecule has 4 aromatic rings. The Balaban J connectivity index is 1.59. The molecule has 1 amide bonds. The van der Waals surface area contributed by atoms with E-state index in [4.69, 9.17) is 0 Å². The molecule has 0 saturated carbocycles. The molecule has 2 heterocycles. The smallest absolute Gasteiger partial charge is 0.257 e. The van der Waals surface area contributed by atoms with Gasteiger partial charge in [-0.3, -0.25) is 14.8 Å². The highest BCUT2D eigenvalue weighted by Gasteiger charge is 2.10. The number of benzene rings is 2. The molecule has 2 aromatic heterocycles. The highest BCUT2D eigenvalue weighted by atomic mass is 16.1. The maximum atomic E-state index is 12.6. The van der Waals surface area contributed by atoms with Crippen LogP contribution in [0.25, 0.3) is 10.9 Å². The number of pyridine rings is 2. The topological polar surface area (TPSA) is 66.9 Å². The molecule has 0 unspecified atom stereocenters.